The molecular weight excluding hydrogens is 364 g/mol. The van der Waals surface area contributed by atoms with E-state index in [4.69, 9.17) is 11.2 Å². The number of aromatic hydroxyl groups is 1. The number of methoxy groups -OCH3 is 1. The smallest absolute Gasteiger partial charge is 0.152 e. The van der Waals surface area contributed by atoms with Crippen LogP contribution in [-0.2, 0) is 17.6 Å². The van der Waals surface area contributed by atoms with E-state index in [0.29, 0.717) is 22.9 Å². The van der Waals surface area contributed by atoms with Crippen LogP contribution in [0.2, 0.25) is 0 Å². The van der Waals surface area contributed by atoms with Crippen LogP contribution in [0.15, 0.2) is 12.1 Å². The summed E-state index contributed by atoms with van der Waals surface area (Å²) in [4.78, 5) is 0. The Kier molecular flexibility index (Phi) is 4.90. The molecule has 1 aromatic heterocycles. The van der Waals surface area contributed by atoms with Gasteiger partial charge in [-0.25, -0.2) is 0 Å². The molecule has 1 fully saturated rings. The SMILES string of the molecule is C#Cc1ccc(-c2nnc(NC3CC(C)(OC)C3)c3c2CCCC3)c(O)c1C#N. The third kappa shape index (κ3) is 3.30. The molecule has 2 aromatic rings. The summed E-state index contributed by atoms with van der Waals surface area (Å²) in [5, 5.41) is 32.6. The second-order valence-electron chi connectivity index (χ2n) is 8.11. The second-order valence-corrected chi connectivity index (χ2v) is 8.11. The number of nitrogens with zero attached hydrogens (tertiary/aromatic N) is 3. The Morgan fingerprint density at radius 3 is 2.62 bits per heavy atom. The molecule has 29 heavy (non-hydrogen) atoms. The largest absolute Gasteiger partial charge is 0.506 e. The Hall–Kier alpha value is -3.09. The fourth-order valence-electron chi connectivity index (χ4n) is 4.44. The van der Waals surface area contributed by atoms with Gasteiger partial charge in [0.25, 0.3) is 0 Å². The Balaban J connectivity index is 1.72. The Bertz CT molecular complexity index is 1040. The zero-order valence-electron chi connectivity index (χ0n) is 16.7. The lowest BCUT2D eigenvalue weighted by atomic mass is 9.77. The van der Waals surface area contributed by atoms with Crippen molar-refractivity contribution in [2.75, 3.05) is 12.4 Å². The molecule has 0 radical (unpaired) electrons. The Morgan fingerprint density at radius 1 is 1.24 bits per heavy atom. The van der Waals surface area contributed by atoms with Gasteiger partial charge in [-0.15, -0.1) is 16.6 Å². The molecule has 1 aromatic carbocycles. The van der Waals surface area contributed by atoms with Crippen LogP contribution in [0, 0.1) is 23.7 Å². The van der Waals surface area contributed by atoms with Crippen molar-refractivity contribution in [3.63, 3.8) is 0 Å². The van der Waals surface area contributed by atoms with Gasteiger partial charge in [-0.05, 0) is 63.1 Å². The van der Waals surface area contributed by atoms with Gasteiger partial charge < -0.3 is 15.2 Å². The summed E-state index contributed by atoms with van der Waals surface area (Å²) in [6.45, 7) is 2.12. The van der Waals surface area contributed by atoms with Crippen LogP contribution in [0.5, 0.6) is 5.75 Å². The predicted octanol–water partition coefficient (Wildman–Crippen LogP) is 3.56. The number of terminal acetylenes is 1. The van der Waals surface area contributed by atoms with E-state index in [0.717, 1.165) is 55.5 Å². The fourth-order valence-corrected chi connectivity index (χ4v) is 4.44. The zero-order chi connectivity index (χ0) is 20.6. The molecule has 0 bridgehead atoms. The van der Waals surface area contributed by atoms with Gasteiger partial charge in [-0.1, -0.05) is 5.92 Å². The monoisotopic (exact) mass is 388 g/mol. The van der Waals surface area contributed by atoms with Crippen molar-refractivity contribution in [2.24, 2.45) is 0 Å². The molecule has 148 valence electrons. The number of ether oxygens (including phenoxy) is 1. The van der Waals surface area contributed by atoms with E-state index in [1.165, 1.54) is 0 Å². The third-order valence-electron chi connectivity index (χ3n) is 6.18. The molecule has 0 unspecified atom stereocenters. The summed E-state index contributed by atoms with van der Waals surface area (Å²) >= 11 is 0. The number of anilines is 1. The van der Waals surface area contributed by atoms with Crippen LogP contribution in [0.3, 0.4) is 0 Å². The highest BCUT2D eigenvalue weighted by Crippen LogP contribution is 2.41. The molecule has 0 amide bonds. The molecule has 0 spiro atoms. The summed E-state index contributed by atoms with van der Waals surface area (Å²) in [7, 11) is 1.75. The molecule has 0 saturated heterocycles. The van der Waals surface area contributed by atoms with Crippen LogP contribution in [0.1, 0.15) is 54.9 Å². The van der Waals surface area contributed by atoms with E-state index < -0.39 is 0 Å². The minimum Gasteiger partial charge on any atom is -0.506 e. The number of aromatic nitrogens is 2. The third-order valence-corrected chi connectivity index (χ3v) is 6.18. The normalized spacial score (nSPS) is 22.7. The molecule has 2 aliphatic rings. The van der Waals surface area contributed by atoms with E-state index in [1.807, 2.05) is 6.07 Å². The van der Waals surface area contributed by atoms with Crippen molar-refractivity contribution in [2.45, 2.75) is 57.1 Å². The second kappa shape index (κ2) is 7.39. The fraction of sp³-hybridized carbons (Fsp3) is 0.435. The van der Waals surface area contributed by atoms with Gasteiger partial charge in [0.2, 0.25) is 0 Å². The Morgan fingerprint density at radius 2 is 1.97 bits per heavy atom. The first-order valence-electron chi connectivity index (χ1n) is 9.93. The molecular formula is C23H24N4O2. The van der Waals surface area contributed by atoms with Crippen molar-refractivity contribution in [3.8, 4) is 35.4 Å². The molecule has 1 saturated carbocycles. The minimum atomic E-state index is -0.124. The highest BCUT2D eigenvalue weighted by Gasteiger charge is 2.41. The van der Waals surface area contributed by atoms with Crippen LogP contribution in [-0.4, -0.2) is 34.1 Å². The summed E-state index contributed by atoms with van der Waals surface area (Å²) in [5.41, 5.74) is 3.81. The maximum absolute atomic E-state index is 10.7. The molecule has 2 aliphatic carbocycles. The number of fused-ring (bicyclic) bond motifs is 1. The lowest BCUT2D eigenvalue weighted by molar-refractivity contribution is -0.0625. The topological polar surface area (TPSA) is 91.1 Å². The van der Waals surface area contributed by atoms with Gasteiger partial charge in [0, 0.05) is 29.8 Å². The maximum Gasteiger partial charge on any atom is 0.152 e. The first-order valence-corrected chi connectivity index (χ1v) is 9.93. The van der Waals surface area contributed by atoms with Gasteiger partial charge in [-0.3, -0.25) is 0 Å². The number of hydrogen-bond donors (Lipinski definition) is 2. The van der Waals surface area contributed by atoms with Gasteiger partial charge in [0.1, 0.15) is 23.1 Å². The standard InChI is InChI=1S/C23H24N4O2/c1-4-14-9-10-18(21(28)19(14)13-24)20-16-7-5-6-8-17(16)22(27-26-20)25-15-11-23(2,12-15)29-3/h1,9-10,15,28H,5-8,11-12H2,2-3H3,(H,25,27). The molecule has 0 aliphatic heterocycles. The first kappa shape index (κ1) is 19.2. The van der Waals surface area contributed by atoms with Gasteiger partial charge in [0.05, 0.1) is 5.60 Å². The number of benzene rings is 1. The van der Waals surface area contributed by atoms with Crippen molar-refractivity contribution in [1.29, 1.82) is 5.26 Å². The van der Waals surface area contributed by atoms with E-state index in [2.05, 4.69) is 28.4 Å². The summed E-state index contributed by atoms with van der Waals surface area (Å²) in [5.74, 6) is 3.15. The summed E-state index contributed by atoms with van der Waals surface area (Å²) in [6, 6.07) is 5.73. The highest BCUT2D eigenvalue weighted by molar-refractivity contribution is 5.77. The predicted molar refractivity (Wildman–Crippen MR) is 110 cm³/mol. The lowest BCUT2D eigenvalue weighted by Crippen LogP contribution is -2.50. The van der Waals surface area contributed by atoms with Crippen LogP contribution in [0.25, 0.3) is 11.3 Å². The quantitative estimate of drug-likeness (QED) is 0.778. The number of rotatable bonds is 4. The maximum atomic E-state index is 10.7. The van der Waals surface area contributed by atoms with Crippen LogP contribution >= 0.6 is 0 Å². The molecule has 0 atom stereocenters. The van der Waals surface area contributed by atoms with Crippen molar-refractivity contribution >= 4 is 5.82 Å². The molecule has 6 heteroatoms. The lowest BCUT2D eigenvalue weighted by Gasteiger charge is -2.44. The van der Waals surface area contributed by atoms with E-state index in [1.54, 1.807) is 19.2 Å². The highest BCUT2D eigenvalue weighted by atomic mass is 16.5. The Labute approximate surface area is 170 Å². The van der Waals surface area contributed by atoms with E-state index in [9.17, 15) is 10.4 Å². The molecule has 6 nitrogen and oxygen atoms in total. The zero-order valence-corrected chi connectivity index (χ0v) is 16.7. The van der Waals surface area contributed by atoms with Gasteiger partial charge in [0.15, 0.2) is 5.82 Å². The number of phenolic OH excluding ortho intramolecular Hbond substituents is 1. The minimum absolute atomic E-state index is 0.0661. The number of nitrogens with one attached hydrogen (secondary N) is 1. The average Bonchev–Trinajstić information content (AvgIpc) is 2.72. The number of hydrogen-bond acceptors (Lipinski definition) is 6. The van der Waals surface area contributed by atoms with E-state index in [-0.39, 0.29) is 16.9 Å². The van der Waals surface area contributed by atoms with Gasteiger partial charge >= 0.3 is 0 Å². The van der Waals surface area contributed by atoms with Crippen molar-refractivity contribution in [3.05, 3.63) is 34.4 Å². The number of phenols is 1. The molecule has 2 N–H and O–H groups in total. The van der Waals surface area contributed by atoms with E-state index >= 15 is 0 Å². The first-order chi connectivity index (χ1) is 14.0. The molecule has 1 heterocycles. The average molecular weight is 388 g/mol. The number of nitriles is 1. The summed E-state index contributed by atoms with van der Waals surface area (Å²) in [6.07, 6.45) is 11.3. The van der Waals surface area contributed by atoms with Crippen LogP contribution in [0.4, 0.5) is 5.82 Å². The molecule has 4 rings (SSSR count). The van der Waals surface area contributed by atoms with Crippen LogP contribution < -0.4 is 5.32 Å². The van der Waals surface area contributed by atoms with Crippen molar-refractivity contribution in [1.82, 2.24) is 10.2 Å². The summed E-state index contributed by atoms with van der Waals surface area (Å²) < 4.78 is 5.54. The van der Waals surface area contributed by atoms with Gasteiger partial charge in [-0.2, -0.15) is 5.26 Å². The van der Waals surface area contributed by atoms with Crippen molar-refractivity contribution < 1.29 is 9.84 Å².